The molecule has 0 radical (unpaired) electrons. The maximum Gasteiger partial charge on any atom is 0.124 e. The van der Waals surface area contributed by atoms with Gasteiger partial charge in [0.1, 0.15) is 5.82 Å². The molecule has 1 aliphatic rings. The van der Waals surface area contributed by atoms with Crippen molar-refractivity contribution in [3.63, 3.8) is 0 Å². The first-order valence-corrected chi connectivity index (χ1v) is 4.72. The topological polar surface area (TPSA) is 41.2 Å². The SMILES string of the molecule is C[C@@H]1CN(c2ccn[nH]2)CCCO1. The van der Waals surface area contributed by atoms with Gasteiger partial charge in [0.25, 0.3) is 0 Å². The van der Waals surface area contributed by atoms with Crippen LogP contribution >= 0.6 is 0 Å². The predicted molar refractivity (Wildman–Crippen MR) is 50.8 cm³/mol. The number of nitrogens with zero attached hydrogens (tertiary/aromatic N) is 2. The fourth-order valence-electron chi connectivity index (χ4n) is 1.64. The highest BCUT2D eigenvalue weighted by molar-refractivity contribution is 5.36. The molecule has 0 amide bonds. The van der Waals surface area contributed by atoms with Gasteiger partial charge in [-0.05, 0) is 13.3 Å². The zero-order valence-electron chi connectivity index (χ0n) is 7.86. The summed E-state index contributed by atoms with van der Waals surface area (Å²) < 4.78 is 5.56. The van der Waals surface area contributed by atoms with E-state index in [1.54, 1.807) is 6.20 Å². The van der Waals surface area contributed by atoms with Gasteiger partial charge in [-0.15, -0.1) is 0 Å². The number of ether oxygens (including phenoxy) is 1. The Balaban J connectivity index is 2.05. The number of nitrogens with one attached hydrogen (secondary N) is 1. The Morgan fingerprint density at radius 3 is 3.38 bits per heavy atom. The highest BCUT2D eigenvalue weighted by Gasteiger charge is 2.15. The van der Waals surface area contributed by atoms with E-state index in [2.05, 4.69) is 22.0 Å². The van der Waals surface area contributed by atoms with E-state index in [1.165, 1.54) is 0 Å². The average molecular weight is 181 g/mol. The normalized spacial score (nSPS) is 24.4. The number of rotatable bonds is 1. The summed E-state index contributed by atoms with van der Waals surface area (Å²) in [5.74, 6) is 1.09. The highest BCUT2D eigenvalue weighted by Crippen LogP contribution is 2.13. The van der Waals surface area contributed by atoms with Crippen molar-refractivity contribution in [3.05, 3.63) is 12.3 Å². The van der Waals surface area contributed by atoms with Crippen LogP contribution in [0.4, 0.5) is 5.82 Å². The molecule has 13 heavy (non-hydrogen) atoms. The van der Waals surface area contributed by atoms with E-state index in [1.807, 2.05) is 6.07 Å². The third-order valence-corrected chi connectivity index (χ3v) is 2.28. The van der Waals surface area contributed by atoms with Crippen molar-refractivity contribution in [3.8, 4) is 0 Å². The molecule has 0 saturated carbocycles. The average Bonchev–Trinajstić information content (AvgIpc) is 2.56. The molecular weight excluding hydrogens is 166 g/mol. The molecular formula is C9H15N3O. The maximum atomic E-state index is 5.56. The van der Waals surface area contributed by atoms with Gasteiger partial charge in [0.05, 0.1) is 12.3 Å². The molecule has 2 rings (SSSR count). The summed E-state index contributed by atoms with van der Waals surface area (Å²) in [7, 11) is 0. The van der Waals surface area contributed by atoms with Crippen molar-refractivity contribution >= 4 is 5.82 Å². The van der Waals surface area contributed by atoms with E-state index in [0.717, 1.165) is 31.9 Å². The second-order valence-electron chi connectivity index (χ2n) is 3.42. The predicted octanol–water partition coefficient (Wildman–Crippen LogP) is 1.02. The van der Waals surface area contributed by atoms with Gasteiger partial charge in [0.15, 0.2) is 0 Å². The lowest BCUT2D eigenvalue weighted by atomic mass is 10.3. The molecule has 4 nitrogen and oxygen atoms in total. The van der Waals surface area contributed by atoms with Crippen LogP contribution in [0.3, 0.4) is 0 Å². The molecule has 1 fully saturated rings. The second-order valence-corrected chi connectivity index (χ2v) is 3.42. The van der Waals surface area contributed by atoms with Gasteiger partial charge in [-0.2, -0.15) is 5.10 Å². The monoisotopic (exact) mass is 181 g/mol. The van der Waals surface area contributed by atoms with Crippen LogP contribution in [0.5, 0.6) is 0 Å². The van der Waals surface area contributed by atoms with Crippen LogP contribution < -0.4 is 4.90 Å². The molecule has 72 valence electrons. The summed E-state index contributed by atoms with van der Waals surface area (Å²) in [5, 5.41) is 6.92. The third kappa shape index (κ3) is 2.01. The van der Waals surface area contributed by atoms with Crippen molar-refractivity contribution in [2.24, 2.45) is 0 Å². The van der Waals surface area contributed by atoms with Gasteiger partial charge in [-0.25, -0.2) is 0 Å². The minimum absolute atomic E-state index is 0.311. The Bertz CT molecular complexity index is 247. The quantitative estimate of drug-likeness (QED) is 0.703. The number of anilines is 1. The van der Waals surface area contributed by atoms with Crippen LogP contribution in [0, 0.1) is 0 Å². The number of aromatic nitrogens is 2. The minimum Gasteiger partial charge on any atom is -0.377 e. The molecule has 0 unspecified atom stereocenters. The lowest BCUT2D eigenvalue weighted by molar-refractivity contribution is 0.0820. The summed E-state index contributed by atoms with van der Waals surface area (Å²) in [6.07, 6.45) is 3.18. The fraction of sp³-hybridized carbons (Fsp3) is 0.667. The van der Waals surface area contributed by atoms with Crippen LogP contribution in [0.15, 0.2) is 12.3 Å². The first-order valence-electron chi connectivity index (χ1n) is 4.72. The standard InChI is InChI=1S/C9H15N3O/c1-8-7-12(5-2-6-13-8)9-3-4-10-11-9/h3-4,8H,2,5-7H2,1H3,(H,10,11)/t8-/m1/s1. The third-order valence-electron chi connectivity index (χ3n) is 2.28. The lowest BCUT2D eigenvalue weighted by Crippen LogP contribution is -2.30. The number of aromatic amines is 1. The zero-order valence-corrected chi connectivity index (χ0v) is 7.86. The summed E-state index contributed by atoms with van der Waals surface area (Å²) in [6.45, 7) is 4.97. The fourth-order valence-corrected chi connectivity index (χ4v) is 1.64. The van der Waals surface area contributed by atoms with E-state index < -0.39 is 0 Å². The van der Waals surface area contributed by atoms with Gasteiger partial charge in [-0.1, -0.05) is 0 Å². The van der Waals surface area contributed by atoms with Crippen molar-refractivity contribution in [2.75, 3.05) is 24.6 Å². The Kier molecular flexibility index (Phi) is 2.49. The largest absolute Gasteiger partial charge is 0.377 e. The molecule has 1 aromatic heterocycles. The molecule has 2 heterocycles. The van der Waals surface area contributed by atoms with E-state index in [4.69, 9.17) is 4.74 Å². The minimum atomic E-state index is 0.311. The lowest BCUT2D eigenvalue weighted by Gasteiger charge is -2.21. The van der Waals surface area contributed by atoms with Gasteiger partial charge >= 0.3 is 0 Å². The molecule has 0 bridgehead atoms. The van der Waals surface area contributed by atoms with Crippen molar-refractivity contribution in [1.29, 1.82) is 0 Å². The molecule has 1 aliphatic heterocycles. The molecule has 0 aromatic carbocycles. The highest BCUT2D eigenvalue weighted by atomic mass is 16.5. The van der Waals surface area contributed by atoms with Gasteiger partial charge in [-0.3, -0.25) is 5.10 Å². The summed E-state index contributed by atoms with van der Waals surface area (Å²) in [5.41, 5.74) is 0. The Morgan fingerprint density at radius 1 is 1.69 bits per heavy atom. The van der Waals surface area contributed by atoms with E-state index in [9.17, 15) is 0 Å². The Hall–Kier alpha value is -1.03. The van der Waals surface area contributed by atoms with E-state index in [0.29, 0.717) is 6.10 Å². The van der Waals surface area contributed by atoms with Crippen molar-refractivity contribution in [2.45, 2.75) is 19.4 Å². The number of hydrogen-bond acceptors (Lipinski definition) is 3. The van der Waals surface area contributed by atoms with E-state index in [-0.39, 0.29) is 0 Å². The van der Waals surface area contributed by atoms with Crippen LogP contribution in [0.2, 0.25) is 0 Å². The molecule has 4 heteroatoms. The number of hydrogen-bond donors (Lipinski definition) is 1. The van der Waals surface area contributed by atoms with Crippen LogP contribution in [0.1, 0.15) is 13.3 Å². The summed E-state index contributed by atoms with van der Waals surface area (Å²) >= 11 is 0. The molecule has 1 atom stereocenters. The molecule has 1 aromatic rings. The first-order chi connectivity index (χ1) is 6.36. The molecule has 0 spiro atoms. The smallest absolute Gasteiger partial charge is 0.124 e. The summed E-state index contributed by atoms with van der Waals surface area (Å²) in [4.78, 5) is 2.28. The molecule has 0 aliphatic carbocycles. The van der Waals surface area contributed by atoms with Gasteiger partial charge in [0, 0.05) is 25.8 Å². The number of H-pyrrole nitrogens is 1. The molecule has 1 saturated heterocycles. The van der Waals surface area contributed by atoms with Crippen LogP contribution in [0.25, 0.3) is 0 Å². The summed E-state index contributed by atoms with van der Waals surface area (Å²) in [6, 6.07) is 2.00. The van der Waals surface area contributed by atoms with Crippen LogP contribution in [-0.2, 0) is 4.74 Å². The molecule has 1 N–H and O–H groups in total. The zero-order chi connectivity index (χ0) is 9.10. The van der Waals surface area contributed by atoms with Gasteiger partial charge < -0.3 is 9.64 Å². The van der Waals surface area contributed by atoms with E-state index >= 15 is 0 Å². The van der Waals surface area contributed by atoms with Crippen molar-refractivity contribution in [1.82, 2.24) is 10.2 Å². The Morgan fingerprint density at radius 2 is 2.62 bits per heavy atom. The van der Waals surface area contributed by atoms with Crippen LogP contribution in [-0.4, -0.2) is 36.0 Å². The van der Waals surface area contributed by atoms with Crippen molar-refractivity contribution < 1.29 is 4.74 Å². The Labute approximate surface area is 77.9 Å². The second kappa shape index (κ2) is 3.79. The van der Waals surface area contributed by atoms with Gasteiger partial charge in [0.2, 0.25) is 0 Å². The maximum absolute atomic E-state index is 5.56. The first kappa shape index (κ1) is 8.56.